The van der Waals surface area contributed by atoms with E-state index in [1.165, 1.54) is 23.2 Å². The lowest BCUT2D eigenvalue weighted by molar-refractivity contribution is -0.118. The number of nitrogens with one attached hydrogen (secondary N) is 1. The number of fused-ring (bicyclic) bond motifs is 1. The summed E-state index contributed by atoms with van der Waals surface area (Å²) in [6.07, 6.45) is 2.20. The number of nitrogens with zero attached hydrogens (tertiary/aromatic N) is 2. The fourth-order valence-corrected chi connectivity index (χ4v) is 3.54. The van der Waals surface area contributed by atoms with Gasteiger partial charge in [-0.25, -0.2) is 9.97 Å². The third-order valence-electron chi connectivity index (χ3n) is 4.09. The molecule has 6 heteroatoms. The van der Waals surface area contributed by atoms with E-state index in [0.717, 1.165) is 27.9 Å². The van der Waals surface area contributed by atoms with Crippen molar-refractivity contribution in [2.24, 2.45) is 0 Å². The lowest BCUT2D eigenvalue weighted by atomic mass is 10.0. The van der Waals surface area contributed by atoms with Crippen molar-refractivity contribution in [2.75, 3.05) is 11.9 Å². The second kappa shape index (κ2) is 7.97. The van der Waals surface area contributed by atoms with Crippen LogP contribution in [0.15, 0.2) is 72.4 Å². The van der Waals surface area contributed by atoms with Gasteiger partial charge >= 0.3 is 0 Å². The Balaban J connectivity index is 1.43. The first-order valence-corrected chi connectivity index (χ1v) is 9.40. The highest BCUT2D eigenvalue weighted by atomic mass is 32.1. The van der Waals surface area contributed by atoms with E-state index in [1.54, 1.807) is 0 Å². The minimum Gasteiger partial charge on any atom is -0.467 e. The molecular weight excluding hydrogens is 358 g/mol. The van der Waals surface area contributed by atoms with Crippen molar-refractivity contribution in [3.63, 3.8) is 0 Å². The standard InChI is InChI=1S/C21H17N3O2S/c25-19(13-26-20-17-10-11-27-21(17)23-14-22-20)24-18-9-5-4-8-16(18)12-15-6-2-1-3-7-15/h1-11,14H,12-13H2,(H,24,25). The number of carbonyl (C=O) groups is 1. The molecule has 0 saturated heterocycles. The first kappa shape index (κ1) is 17.2. The number of hydrogen-bond donors (Lipinski definition) is 1. The number of ether oxygens (including phenoxy) is 1. The van der Waals surface area contributed by atoms with Gasteiger partial charge in [0.25, 0.3) is 5.91 Å². The van der Waals surface area contributed by atoms with Gasteiger partial charge in [-0.05, 0) is 35.1 Å². The number of benzene rings is 2. The Hall–Kier alpha value is -3.25. The van der Waals surface area contributed by atoms with Crippen LogP contribution in [0.1, 0.15) is 11.1 Å². The van der Waals surface area contributed by atoms with Crippen molar-refractivity contribution in [2.45, 2.75) is 6.42 Å². The minimum absolute atomic E-state index is 0.109. The number of thiophene rings is 1. The number of para-hydroxylation sites is 1. The smallest absolute Gasteiger partial charge is 0.262 e. The average Bonchev–Trinajstić information content (AvgIpc) is 3.18. The van der Waals surface area contributed by atoms with Crippen molar-refractivity contribution >= 4 is 33.1 Å². The van der Waals surface area contributed by atoms with E-state index in [1.807, 2.05) is 53.9 Å². The van der Waals surface area contributed by atoms with Crippen molar-refractivity contribution in [3.05, 3.63) is 83.5 Å². The quantitative estimate of drug-likeness (QED) is 0.546. The highest BCUT2D eigenvalue weighted by Gasteiger charge is 2.11. The van der Waals surface area contributed by atoms with E-state index in [-0.39, 0.29) is 12.5 Å². The maximum atomic E-state index is 12.4. The average molecular weight is 375 g/mol. The minimum atomic E-state index is -0.225. The Labute approximate surface area is 160 Å². The highest BCUT2D eigenvalue weighted by Crippen LogP contribution is 2.25. The van der Waals surface area contributed by atoms with Gasteiger partial charge in [-0.3, -0.25) is 4.79 Å². The molecule has 0 aliphatic carbocycles. The van der Waals surface area contributed by atoms with Crippen molar-refractivity contribution in [1.29, 1.82) is 0 Å². The maximum absolute atomic E-state index is 12.4. The van der Waals surface area contributed by atoms with Gasteiger partial charge in [0.15, 0.2) is 6.61 Å². The molecule has 2 aromatic heterocycles. The van der Waals surface area contributed by atoms with E-state index >= 15 is 0 Å². The summed E-state index contributed by atoms with van der Waals surface area (Å²) in [5, 5.41) is 5.68. The van der Waals surface area contributed by atoms with Gasteiger partial charge in [-0.15, -0.1) is 11.3 Å². The largest absolute Gasteiger partial charge is 0.467 e. The Morgan fingerprint density at radius 1 is 1.00 bits per heavy atom. The number of anilines is 1. The van der Waals surface area contributed by atoms with Gasteiger partial charge in [-0.2, -0.15) is 0 Å². The maximum Gasteiger partial charge on any atom is 0.262 e. The number of amides is 1. The van der Waals surface area contributed by atoms with E-state index in [9.17, 15) is 4.79 Å². The molecule has 2 heterocycles. The normalized spacial score (nSPS) is 10.7. The third kappa shape index (κ3) is 4.12. The molecule has 5 nitrogen and oxygen atoms in total. The lowest BCUT2D eigenvalue weighted by Gasteiger charge is -2.12. The summed E-state index contributed by atoms with van der Waals surface area (Å²) in [4.78, 5) is 21.5. The first-order chi connectivity index (χ1) is 13.3. The third-order valence-corrected chi connectivity index (χ3v) is 4.91. The van der Waals surface area contributed by atoms with E-state index < -0.39 is 0 Å². The molecule has 0 radical (unpaired) electrons. The van der Waals surface area contributed by atoms with Gasteiger partial charge < -0.3 is 10.1 Å². The molecule has 0 unspecified atom stereocenters. The zero-order valence-corrected chi connectivity index (χ0v) is 15.3. The summed E-state index contributed by atoms with van der Waals surface area (Å²) in [6, 6.07) is 19.8. The fraction of sp³-hybridized carbons (Fsp3) is 0.0952. The van der Waals surface area contributed by atoms with Gasteiger partial charge in [-0.1, -0.05) is 48.5 Å². The molecule has 1 amide bonds. The zero-order chi connectivity index (χ0) is 18.5. The molecule has 0 aliphatic heterocycles. The van der Waals surface area contributed by atoms with E-state index in [4.69, 9.17) is 4.74 Å². The molecule has 4 aromatic rings. The molecule has 1 N–H and O–H groups in total. The molecule has 0 atom stereocenters. The predicted molar refractivity (Wildman–Crippen MR) is 107 cm³/mol. The van der Waals surface area contributed by atoms with E-state index in [2.05, 4.69) is 27.4 Å². The molecule has 0 bridgehead atoms. The molecule has 0 fully saturated rings. The van der Waals surface area contributed by atoms with Crippen LogP contribution in [0.4, 0.5) is 5.69 Å². The van der Waals surface area contributed by atoms with Crippen molar-refractivity contribution < 1.29 is 9.53 Å². The van der Waals surface area contributed by atoms with Crippen LogP contribution in [0.5, 0.6) is 5.88 Å². The molecular formula is C21H17N3O2S. The van der Waals surface area contributed by atoms with Gasteiger partial charge in [0, 0.05) is 5.69 Å². The molecule has 2 aromatic carbocycles. The Bertz CT molecular complexity index is 1060. The van der Waals surface area contributed by atoms with Gasteiger partial charge in [0.1, 0.15) is 11.2 Å². The summed E-state index contributed by atoms with van der Waals surface area (Å²) >= 11 is 1.51. The topological polar surface area (TPSA) is 64.1 Å². The fourth-order valence-electron chi connectivity index (χ4n) is 2.81. The second-order valence-electron chi connectivity index (χ2n) is 5.97. The molecule has 134 valence electrons. The van der Waals surface area contributed by atoms with Crippen LogP contribution in [0.25, 0.3) is 10.2 Å². The first-order valence-electron chi connectivity index (χ1n) is 8.52. The summed E-state index contributed by atoms with van der Waals surface area (Å²) in [5.74, 6) is 0.200. The molecule has 0 aliphatic rings. The molecule has 0 spiro atoms. The van der Waals surface area contributed by atoms with Crippen molar-refractivity contribution in [1.82, 2.24) is 9.97 Å². The number of hydrogen-bond acceptors (Lipinski definition) is 5. The monoisotopic (exact) mass is 375 g/mol. The molecule has 27 heavy (non-hydrogen) atoms. The Kier molecular flexibility index (Phi) is 5.07. The van der Waals surface area contributed by atoms with Crippen molar-refractivity contribution in [3.8, 4) is 5.88 Å². The van der Waals surface area contributed by atoms with Crippen LogP contribution in [0.2, 0.25) is 0 Å². The highest BCUT2D eigenvalue weighted by molar-refractivity contribution is 7.16. The number of carbonyl (C=O) groups excluding carboxylic acids is 1. The van der Waals surface area contributed by atoms with Crippen LogP contribution in [0, 0.1) is 0 Å². The Morgan fingerprint density at radius 2 is 1.81 bits per heavy atom. The van der Waals surface area contributed by atoms with Crippen LogP contribution < -0.4 is 10.1 Å². The van der Waals surface area contributed by atoms with Crippen LogP contribution in [-0.4, -0.2) is 22.5 Å². The number of aromatic nitrogens is 2. The van der Waals surface area contributed by atoms with Gasteiger partial charge in [0.2, 0.25) is 5.88 Å². The van der Waals surface area contributed by atoms with Gasteiger partial charge in [0.05, 0.1) is 5.39 Å². The second-order valence-corrected chi connectivity index (χ2v) is 6.87. The number of rotatable bonds is 6. The summed E-state index contributed by atoms with van der Waals surface area (Å²) in [5.41, 5.74) is 3.04. The summed E-state index contributed by atoms with van der Waals surface area (Å²) < 4.78 is 5.61. The molecule has 0 saturated carbocycles. The van der Waals surface area contributed by atoms with Crippen LogP contribution in [0.3, 0.4) is 0 Å². The Morgan fingerprint density at radius 3 is 2.70 bits per heavy atom. The summed E-state index contributed by atoms with van der Waals surface area (Å²) in [6.45, 7) is -0.109. The molecule has 4 rings (SSSR count). The van der Waals surface area contributed by atoms with Crippen LogP contribution >= 0.6 is 11.3 Å². The summed E-state index contributed by atoms with van der Waals surface area (Å²) in [7, 11) is 0. The predicted octanol–water partition coefficient (Wildman–Crippen LogP) is 4.30. The lowest BCUT2D eigenvalue weighted by Crippen LogP contribution is -2.21. The zero-order valence-electron chi connectivity index (χ0n) is 14.5. The van der Waals surface area contributed by atoms with Crippen LogP contribution in [-0.2, 0) is 11.2 Å². The van der Waals surface area contributed by atoms with E-state index in [0.29, 0.717) is 5.88 Å². The SMILES string of the molecule is O=C(COc1ncnc2sccc12)Nc1ccccc1Cc1ccccc1.